The van der Waals surface area contributed by atoms with Crippen LogP contribution < -0.4 is 15.2 Å². The summed E-state index contributed by atoms with van der Waals surface area (Å²) in [7, 11) is 1.47. The van der Waals surface area contributed by atoms with Gasteiger partial charge in [-0.05, 0) is 35.4 Å². The van der Waals surface area contributed by atoms with Gasteiger partial charge in [-0.1, -0.05) is 29.3 Å². The average Bonchev–Trinajstić information content (AvgIpc) is 2.55. The van der Waals surface area contributed by atoms with Crippen molar-refractivity contribution >= 4 is 28.9 Å². The first kappa shape index (κ1) is 17.7. The predicted octanol–water partition coefficient (Wildman–Crippen LogP) is 3.19. The maximum absolute atomic E-state index is 10.2. The van der Waals surface area contributed by atoms with Crippen molar-refractivity contribution in [2.24, 2.45) is 0 Å². The SMILES string of the molecule is COc1cc(CO)cc(N)c1OCC(O)c1ccc(Cl)c(Cl)c1. The number of anilines is 1. The molecule has 2 rings (SSSR count). The third-order valence-electron chi connectivity index (χ3n) is 3.26. The van der Waals surface area contributed by atoms with Gasteiger partial charge in [0.2, 0.25) is 0 Å². The predicted molar refractivity (Wildman–Crippen MR) is 90.2 cm³/mol. The third kappa shape index (κ3) is 4.20. The minimum atomic E-state index is -0.911. The van der Waals surface area contributed by atoms with Gasteiger partial charge in [-0.3, -0.25) is 0 Å². The van der Waals surface area contributed by atoms with E-state index in [0.717, 1.165) is 0 Å². The minimum Gasteiger partial charge on any atom is -0.493 e. The lowest BCUT2D eigenvalue weighted by Gasteiger charge is -2.17. The highest BCUT2D eigenvalue weighted by Crippen LogP contribution is 2.36. The molecule has 5 nitrogen and oxygen atoms in total. The lowest BCUT2D eigenvalue weighted by Crippen LogP contribution is -2.11. The molecular weight excluding hydrogens is 341 g/mol. The number of aliphatic hydroxyl groups is 2. The molecule has 4 N–H and O–H groups in total. The molecule has 0 amide bonds. The molecule has 0 aliphatic rings. The molecule has 0 aromatic heterocycles. The highest BCUT2D eigenvalue weighted by Gasteiger charge is 2.15. The van der Waals surface area contributed by atoms with Crippen LogP contribution in [0.3, 0.4) is 0 Å². The summed E-state index contributed by atoms with van der Waals surface area (Å²) in [5.41, 5.74) is 7.40. The molecule has 0 fully saturated rings. The van der Waals surface area contributed by atoms with Gasteiger partial charge in [0.1, 0.15) is 12.7 Å². The number of benzene rings is 2. The second kappa shape index (κ2) is 7.75. The maximum Gasteiger partial charge on any atom is 0.184 e. The van der Waals surface area contributed by atoms with Crippen molar-refractivity contribution in [1.82, 2.24) is 0 Å². The van der Waals surface area contributed by atoms with Crippen LogP contribution in [0.25, 0.3) is 0 Å². The average molecular weight is 358 g/mol. The molecule has 2 aromatic carbocycles. The van der Waals surface area contributed by atoms with E-state index in [1.54, 1.807) is 30.3 Å². The van der Waals surface area contributed by atoms with Crippen molar-refractivity contribution in [3.05, 3.63) is 51.5 Å². The topological polar surface area (TPSA) is 84.9 Å². The van der Waals surface area contributed by atoms with E-state index in [2.05, 4.69) is 0 Å². The molecule has 7 heteroatoms. The lowest BCUT2D eigenvalue weighted by molar-refractivity contribution is 0.107. The molecule has 0 spiro atoms. The molecule has 0 saturated carbocycles. The highest BCUT2D eigenvalue weighted by molar-refractivity contribution is 6.42. The van der Waals surface area contributed by atoms with Gasteiger partial charge in [0.05, 0.1) is 29.4 Å². The molecule has 124 valence electrons. The lowest BCUT2D eigenvalue weighted by atomic mass is 10.1. The fourth-order valence-electron chi connectivity index (χ4n) is 2.06. The monoisotopic (exact) mass is 357 g/mol. The molecule has 1 unspecified atom stereocenters. The van der Waals surface area contributed by atoms with Crippen molar-refractivity contribution < 1.29 is 19.7 Å². The molecule has 0 radical (unpaired) electrons. The number of aliphatic hydroxyl groups excluding tert-OH is 2. The van der Waals surface area contributed by atoms with E-state index in [9.17, 15) is 10.2 Å². The zero-order valence-electron chi connectivity index (χ0n) is 12.4. The van der Waals surface area contributed by atoms with Crippen LogP contribution in [0.15, 0.2) is 30.3 Å². The number of methoxy groups -OCH3 is 1. The highest BCUT2D eigenvalue weighted by atomic mass is 35.5. The summed E-state index contributed by atoms with van der Waals surface area (Å²) in [5.74, 6) is 0.694. The Kier molecular flexibility index (Phi) is 5.96. The maximum atomic E-state index is 10.2. The Hall–Kier alpha value is -1.66. The van der Waals surface area contributed by atoms with Gasteiger partial charge >= 0.3 is 0 Å². The van der Waals surface area contributed by atoms with Crippen molar-refractivity contribution in [2.75, 3.05) is 19.5 Å². The van der Waals surface area contributed by atoms with Crippen LogP contribution in [0.1, 0.15) is 17.2 Å². The van der Waals surface area contributed by atoms with Crippen LogP contribution in [0.4, 0.5) is 5.69 Å². The summed E-state index contributed by atoms with van der Waals surface area (Å²) in [6.45, 7) is -0.205. The van der Waals surface area contributed by atoms with Gasteiger partial charge in [0, 0.05) is 0 Å². The minimum absolute atomic E-state index is 0.0446. The van der Waals surface area contributed by atoms with E-state index in [1.165, 1.54) is 7.11 Å². The quantitative estimate of drug-likeness (QED) is 0.691. The normalized spacial score (nSPS) is 12.0. The van der Waals surface area contributed by atoms with Gasteiger partial charge in [0.15, 0.2) is 11.5 Å². The Labute approximate surface area is 144 Å². The summed E-state index contributed by atoms with van der Waals surface area (Å²) >= 11 is 11.8. The second-order valence-corrected chi connectivity index (χ2v) is 5.69. The largest absolute Gasteiger partial charge is 0.493 e. The standard InChI is InChI=1S/C16H17Cl2NO4/c1-22-15-5-9(7-20)4-13(19)16(15)23-8-14(21)10-2-3-11(17)12(18)6-10/h2-6,14,20-21H,7-8,19H2,1H3. The Balaban J connectivity index is 2.15. The van der Waals surface area contributed by atoms with E-state index >= 15 is 0 Å². The molecular formula is C16H17Cl2NO4. The smallest absolute Gasteiger partial charge is 0.184 e. The van der Waals surface area contributed by atoms with Crippen molar-refractivity contribution in [1.29, 1.82) is 0 Å². The molecule has 0 bridgehead atoms. The summed E-state index contributed by atoms with van der Waals surface area (Å²) in [5, 5.41) is 20.1. The first-order valence-electron chi connectivity index (χ1n) is 6.79. The first-order chi connectivity index (χ1) is 11.0. The van der Waals surface area contributed by atoms with Crippen LogP contribution in [0, 0.1) is 0 Å². The molecule has 0 aliphatic heterocycles. The first-order valence-corrected chi connectivity index (χ1v) is 7.55. The van der Waals surface area contributed by atoms with Crippen LogP contribution in [0.5, 0.6) is 11.5 Å². The summed E-state index contributed by atoms with van der Waals surface area (Å²) < 4.78 is 10.8. The van der Waals surface area contributed by atoms with Crippen molar-refractivity contribution in [2.45, 2.75) is 12.7 Å². The van der Waals surface area contributed by atoms with Gasteiger partial charge in [-0.15, -0.1) is 0 Å². The van der Waals surface area contributed by atoms with Gasteiger partial charge in [-0.25, -0.2) is 0 Å². The zero-order valence-corrected chi connectivity index (χ0v) is 13.9. The number of rotatable bonds is 6. The Morgan fingerprint density at radius 2 is 1.91 bits per heavy atom. The van der Waals surface area contributed by atoms with Crippen molar-refractivity contribution in [3.63, 3.8) is 0 Å². The Morgan fingerprint density at radius 3 is 2.52 bits per heavy atom. The Bertz CT molecular complexity index is 694. The number of hydrogen-bond acceptors (Lipinski definition) is 5. The summed E-state index contributed by atoms with van der Waals surface area (Å²) in [6.07, 6.45) is -0.911. The van der Waals surface area contributed by atoms with Crippen LogP contribution in [0.2, 0.25) is 10.0 Å². The molecule has 0 aliphatic carbocycles. The summed E-state index contributed by atoms with van der Waals surface area (Å²) in [4.78, 5) is 0. The Morgan fingerprint density at radius 1 is 1.17 bits per heavy atom. The second-order valence-electron chi connectivity index (χ2n) is 4.87. The molecule has 0 saturated heterocycles. The zero-order chi connectivity index (χ0) is 17.0. The van der Waals surface area contributed by atoms with Gasteiger partial charge in [0.25, 0.3) is 0 Å². The summed E-state index contributed by atoms with van der Waals surface area (Å²) in [6, 6.07) is 8.05. The van der Waals surface area contributed by atoms with E-state index in [0.29, 0.717) is 38.4 Å². The number of ether oxygens (including phenoxy) is 2. The van der Waals surface area contributed by atoms with Crippen LogP contribution >= 0.6 is 23.2 Å². The number of nitrogen functional groups attached to an aromatic ring is 1. The van der Waals surface area contributed by atoms with Crippen LogP contribution in [-0.2, 0) is 6.61 Å². The van der Waals surface area contributed by atoms with E-state index in [-0.39, 0.29) is 13.2 Å². The molecule has 23 heavy (non-hydrogen) atoms. The molecule has 0 heterocycles. The van der Waals surface area contributed by atoms with Crippen molar-refractivity contribution in [3.8, 4) is 11.5 Å². The van der Waals surface area contributed by atoms with Gasteiger partial charge in [-0.2, -0.15) is 0 Å². The fraction of sp³-hybridized carbons (Fsp3) is 0.250. The van der Waals surface area contributed by atoms with Crippen LogP contribution in [-0.4, -0.2) is 23.9 Å². The van der Waals surface area contributed by atoms with E-state index in [4.69, 9.17) is 38.4 Å². The number of halogens is 2. The number of hydrogen-bond donors (Lipinski definition) is 3. The molecule has 2 aromatic rings. The third-order valence-corrected chi connectivity index (χ3v) is 4.00. The van der Waals surface area contributed by atoms with E-state index in [1.807, 2.05) is 0 Å². The van der Waals surface area contributed by atoms with E-state index < -0.39 is 6.10 Å². The van der Waals surface area contributed by atoms with Gasteiger partial charge < -0.3 is 25.4 Å². The molecule has 1 atom stereocenters. The fourth-order valence-corrected chi connectivity index (χ4v) is 2.37. The number of nitrogens with two attached hydrogens (primary N) is 1.